The van der Waals surface area contributed by atoms with E-state index in [2.05, 4.69) is 26.2 Å². The van der Waals surface area contributed by atoms with E-state index in [1.807, 2.05) is 13.0 Å². The lowest BCUT2D eigenvalue weighted by Crippen LogP contribution is -2.41. The third kappa shape index (κ3) is 4.30. The van der Waals surface area contributed by atoms with E-state index in [4.69, 9.17) is 5.11 Å². The molecule has 1 atom stereocenters. The molecule has 2 N–H and O–H groups in total. The van der Waals surface area contributed by atoms with E-state index in [0.29, 0.717) is 5.03 Å². The van der Waals surface area contributed by atoms with Gasteiger partial charge in [0, 0.05) is 18.9 Å². The minimum Gasteiger partial charge on any atom is -0.480 e. The zero-order valence-corrected chi connectivity index (χ0v) is 12.3. The summed E-state index contributed by atoms with van der Waals surface area (Å²) in [5.41, 5.74) is 1.03. The smallest absolute Gasteiger partial charge is 0.327 e. The first-order valence-corrected chi connectivity index (χ1v) is 6.93. The third-order valence-corrected chi connectivity index (χ3v) is 4.46. The molecule has 1 heterocycles. The maximum Gasteiger partial charge on any atom is 0.327 e. The van der Waals surface area contributed by atoms with E-state index in [1.165, 1.54) is 18.7 Å². The molecule has 0 aliphatic carbocycles. The van der Waals surface area contributed by atoms with Crippen LogP contribution < -0.4 is 5.32 Å². The molecule has 0 aromatic carbocycles. The molecule has 1 amide bonds. The molecular formula is C11H13BrN2O3S. The van der Waals surface area contributed by atoms with Crippen molar-refractivity contribution in [3.05, 3.63) is 22.3 Å². The van der Waals surface area contributed by atoms with Crippen molar-refractivity contribution < 1.29 is 14.7 Å². The van der Waals surface area contributed by atoms with Gasteiger partial charge in [0.25, 0.3) is 0 Å². The summed E-state index contributed by atoms with van der Waals surface area (Å²) in [4.78, 5) is 26.0. The third-order valence-electron chi connectivity index (χ3n) is 2.11. The Morgan fingerprint density at radius 2 is 2.28 bits per heavy atom. The Hall–Kier alpha value is -1.08. The monoisotopic (exact) mass is 332 g/mol. The van der Waals surface area contributed by atoms with Crippen molar-refractivity contribution in [1.82, 2.24) is 10.3 Å². The number of nitrogens with zero attached hydrogens (tertiary/aromatic N) is 1. The van der Waals surface area contributed by atoms with Gasteiger partial charge < -0.3 is 10.4 Å². The number of carboxylic acid groups (broad SMARTS) is 1. The van der Waals surface area contributed by atoms with Crippen LogP contribution >= 0.6 is 27.7 Å². The molecule has 0 spiro atoms. The van der Waals surface area contributed by atoms with Crippen LogP contribution in [0.3, 0.4) is 0 Å². The summed E-state index contributed by atoms with van der Waals surface area (Å²) >= 11 is 4.69. The van der Waals surface area contributed by atoms with Crippen LogP contribution in [0, 0.1) is 6.92 Å². The lowest BCUT2D eigenvalue weighted by Gasteiger charge is -2.13. The Balaban J connectivity index is 2.70. The van der Waals surface area contributed by atoms with Crippen LogP contribution in [0.5, 0.6) is 0 Å². The zero-order chi connectivity index (χ0) is 13.7. The normalized spacial score (nSPS) is 11.9. The van der Waals surface area contributed by atoms with Gasteiger partial charge in [-0.1, -0.05) is 0 Å². The quantitative estimate of drug-likeness (QED) is 0.804. The van der Waals surface area contributed by atoms with Gasteiger partial charge in [-0.2, -0.15) is 0 Å². The fourth-order valence-corrected chi connectivity index (χ4v) is 2.75. The molecular weight excluding hydrogens is 320 g/mol. The SMILES string of the molecule is CC(=O)N[C@@H](CSc1nccc(C)c1Br)C(=O)O. The van der Waals surface area contributed by atoms with Crippen molar-refractivity contribution in [2.75, 3.05) is 5.75 Å². The number of halogens is 1. The first-order valence-electron chi connectivity index (χ1n) is 5.15. The molecule has 1 aromatic heterocycles. The van der Waals surface area contributed by atoms with Gasteiger partial charge in [-0.05, 0) is 34.5 Å². The van der Waals surface area contributed by atoms with Crippen LogP contribution in [0.4, 0.5) is 0 Å². The predicted molar refractivity (Wildman–Crippen MR) is 72.6 cm³/mol. The van der Waals surface area contributed by atoms with Gasteiger partial charge in [0.1, 0.15) is 11.1 Å². The van der Waals surface area contributed by atoms with Gasteiger partial charge in [0.15, 0.2) is 0 Å². The number of rotatable bonds is 5. The molecule has 0 saturated carbocycles. The summed E-state index contributed by atoms with van der Waals surface area (Å²) in [6, 6.07) is 0.943. The Morgan fingerprint density at radius 1 is 1.61 bits per heavy atom. The number of aryl methyl sites for hydroxylation is 1. The summed E-state index contributed by atoms with van der Waals surface area (Å²) in [7, 11) is 0. The molecule has 5 nitrogen and oxygen atoms in total. The number of hydrogen-bond acceptors (Lipinski definition) is 4. The van der Waals surface area contributed by atoms with Gasteiger partial charge in [0.2, 0.25) is 5.91 Å². The molecule has 0 aliphatic heterocycles. The van der Waals surface area contributed by atoms with E-state index in [9.17, 15) is 9.59 Å². The Labute approximate surface area is 117 Å². The lowest BCUT2D eigenvalue weighted by atomic mass is 10.3. The number of hydrogen-bond donors (Lipinski definition) is 2. The molecule has 7 heteroatoms. The summed E-state index contributed by atoms with van der Waals surface area (Å²) in [6.45, 7) is 3.22. The van der Waals surface area contributed by atoms with E-state index in [0.717, 1.165) is 10.0 Å². The van der Waals surface area contributed by atoms with Crippen molar-refractivity contribution in [3.63, 3.8) is 0 Å². The van der Waals surface area contributed by atoms with Gasteiger partial charge in [-0.3, -0.25) is 4.79 Å². The largest absolute Gasteiger partial charge is 0.480 e. The topological polar surface area (TPSA) is 79.3 Å². The van der Waals surface area contributed by atoms with Crippen molar-refractivity contribution in [1.29, 1.82) is 0 Å². The van der Waals surface area contributed by atoms with E-state index < -0.39 is 12.0 Å². The van der Waals surface area contributed by atoms with Crippen LogP contribution in [0.2, 0.25) is 0 Å². The van der Waals surface area contributed by atoms with Crippen molar-refractivity contribution in [2.24, 2.45) is 0 Å². The molecule has 1 rings (SSSR count). The molecule has 0 radical (unpaired) electrons. The van der Waals surface area contributed by atoms with Crippen molar-refractivity contribution in [2.45, 2.75) is 24.9 Å². The highest BCUT2D eigenvalue weighted by atomic mass is 79.9. The number of nitrogens with one attached hydrogen (secondary N) is 1. The Kier molecular flexibility index (Phi) is 5.61. The minimum absolute atomic E-state index is 0.226. The molecule has 0 bridgehead atoms. The number of aromatic nitrogens is 1. The van der Waals surface area contributed by atoms with Crippen LogP contribution in [-0.2, 0) is 9.59 Å². The van der Waals surface area contributed by atoms with Crippen LogP contribution in [0.25, 0.3) is 0 Å². The zero-order valence-electron chi connectivity index (χ0n) is 9.94. The van der Waals surface area contributed by atoms with Crippen LogP contribution in [0.1, 0.15) is 12.5 Å². The highest BCUT2D eigenvalue weighted by Crippen LogP contribution is 2.28. The number of thioether (sulfide) groups is 1. The average molecular weight is 333 g/mol. The van der Waals surface area contributed by atoms with Crippen LogP contribution in [-0.4, -0.2) is 33.8 Å². The number of pyridine rings is 1. The molecule has 0 fully saturated rings. The van der Waals surface area contributed by atoms with Gasteiger partial charge in [0.05, 0.1) is 4.47 Å². The fraction of sp³-hybridized carbons (Fsp3) is 0.364. The summed E-state index contributed by atoms with van der Waals surface area (Å²) in [5.74, 6) is -1.19. The maximum absolute atomic E-state index is 10.9. The number of amides is 1. The second-order valence-electron chi connectivity index (χ2n) is 3.65. The van der Waals surface area contributed by atoms with Gasteiger partial charge in [-0.25, -0.2) is 9.78 Å². The summed E-state index contributed by atoms with van der Waals surface area (Å²) in [6.07, 6.45) is 1.66. The summed E-state index contributed by atoms with van der Waals surface area (Å²) < 4.78 is 0.849. The molecule has 0 saturated heterocycles. The second kappa shape index (κ2) is 6.75. The van der Waals surface area contributed by atoms with Crippen molar-refractivity contribution in [3.8, 4) is 0 Å². The number of carbonyl (C=O) groups excluding carboxylic acids is 1. The number of aliphatic carboxylic acids is 1. The standard InChI is InChI=1S/C11H13BrN2O3S/c1-6-3-4-13-10(9(6)12)18-5-8(11(16)17)14-7(2)15/h3-4,8H,5H2,1-2H3,(H,14,15)(H,16,17)/t8-/m0/s1. The first-order chi connectivity index (χ1) is 8.41. The first kappa shape index (κ1) is 15.0. The molecule has 18 heavy (non-hydrogen) atoms. The van der Waals surface area contributed by atoms with E-state index >= 15 is 0 Å². The summed E-state index contributed by atoms with van der Waals surface area (Å²) in [5, 5.41) is 12.1. The van der Waals surface area contributed by atoms with Gasteiger partial charge in [-0.15, -0.1) is 11.8 Å². The van der Waals surface area contributed by atoms with Crippen LogP contribution in [0.15, 0.2) is 21.8 Å². The Morgan fingerprint density at radius 3 is 2.83 bits per heavy atom. The van der Waals surface area contributed by atoms with E-state index in [1.54, 1.807) is 6.20 Å². The molecule has 98 valence electrons. The average Bonchev–Trinajstić information content (AvgIpc) is 2.28. The number of carbonyl (C=O) groups is 2. The highest BCUT2D eigenvalue weighted by Gasteiger charge is 2.19. The maximum atomic E-state index is 10.9. The Bertz CT molecular complexity index is 468. The van der Waals surface area contributed by atoms with Gasteiger partial charge >= 0.3 is 5.97 Å². The lowest BCUT2D eigenvalue weighted by molar-refractivity contribution is -0.140. The second-order valence-corrected chi connectivity index (χ2v) is 5.45. The molecule has 0 unspecified atom stereocenters. The molecule has 1 aromatic rings. The van der Waals surface area contributed by atoms with E-state index in [-0.39, 0.29) is 11.7 Å². The minimum atomic E-state index is -1.05. The highest BCUT2D eigenvalue weighted by molar-refractivity contribution is 9.10. The molecule has 0 aliphatic rings. The fourth-order valence-electron chi connectivity index (χ4n) is 1.20. The number of carboxylic acids is 1. The predicted octanol–water partition coefficient (Wildman–Crippen LogP) is 1.83. The van der Waals surface area contributed by atoms with Crippen molar-refractivity contribution >= 4 is 39.6 Å².